The van der Waals surface area contributed by atoms with Crippen LogP contribution in [0.2, 0.25) is 0 Å². The predicted octanol–water partition coefficient (Wildman–Crippen LogP) is 5.02. The highest BCUT2D eigenvalue weighted by atomic mass is 16.5. The van der Waals surface area contributed by atoms with E-state index in [0.29, 0.717) is 31.2 Å². The molecular weight excluding hydrogens is 386 g/mol. The Morgan fingerprint density at radius 3 is 2.19 bits per heavy atom. The number of hydrogen-bond acceptors (Lipinski definition) is 5. The molecule has 3 aromatic carbocycles. The first kappa shape index (κ1) is 21.0. The molecule has 0 radical (unpaired) electrons. The number of nitrogens with zero attached hydrogens (tertiary/aromatic N) is 3. The Hall–Kier alpha value is -3.28. The van der Waals surface area contributed by atoms with Crippen molar-refractivity contribution >= 4 is 0 Å². The largest absolute Gasteiger partial charge is 0.396 e. The van der Waals surface area contributed by atoms with Gasteiger partial charge in [0.2, 0.25) is 11.7 Å². The molecule has 0 aliphatic carbocycles. The summed E-state index contributed by atoms with van der Waals surface area (Å²) in [6.07, 6.45) is 0.662. The van der Waals surface area contributed by atoms with Crippen molar-refractivity contribution in [1.82, 2.24) is 15.0 Å². The van der Waals surface area contributed by atoms with Gasteiger partial charge in [0, 0.05) is 18.7 Å². The minimum Gasteiger partial charge on any atom is -0.396 e. The number of aliphatic hydroxyl groups excluding tert-OH is 1. The van der Waals surface area contributed by atoms with Gasteiger partial charge in [0.05, 0.1) is 12.6 Å². The third kappa shape index (κ3) is 5.26. The normalized spacial score (nSPS) is 11.4. The molecule has 4 rings (SSSR count). The van der Waals surface area contributed by atoms with E-state index in [9.17, 15) is 5.11 Å². The molecule has 5 heteroatoms. The van der Waals surface area contributed by atoms with E-state index in [0.717, 1.165) is 11.1 Å². The van der Waals surface area contributed by atoms with Gasteiger partial charge < -0.3 is 9.63 Å². The van der Waals surface area contributed by atoms with Gasteiger partial charge in [0.15, 0.2) is 0 Å². The zero-order valence-corrected chi connectivity index (χ0v) is 17.7. The topological polar surface area (TPSA) is 62.4 Å². The average molecular weight is 414 g/mol. The second-order valence-corrected chi connectivity index (χ2v) is 7.65. The highest BCUT2D eigenvalue weighted by Gasteiger charge is 2.24. The van der Waals surface area contributed by atoms with Gasteiger partial charge >= 0.3 is 0 Å². The van der Waals surface area contributed by atoms with Crippen LogP contribution in [0.25, 0.3) is 11.4 Å². The van der Waals surface area contributed by atoms with Gasteiger partial charge in [-0.15, -0.1) is 0 Å². The molecule has 0 fully saturated rings. The molecule has 1 heterocycles. The van der Waals surface area contributed by atoms with Crippen LogP contribution in [-0.4, -0.2) is 33.3 Å². The predicted molar refractivity (Wildman–Crippen MR) is 121 cm³/mol. The van der Waals surface area contributed by atoms with Crippen molar-refractivity contribution in [2.24, 2.45) is 0 Å². The summed E-state index contributed by atoms with van der Waals surface area (Å²) < 4.78 is 5.63. The van der Waals surface area contributed by atoms with Crippen molar-refractivity contribution in [2.75, 3.05) is 13.2 Å². The summed E-state index contributed by atoms with van der Waals surface area (Å²) in [7, 11) is 0. The van der Waals surface area contributed by atoms with Crippen LogP contribution in [0.3, 0.4) is 0 Å². The highest BCUT2D eigenvalue weighted by Crippen LogP contribution is 2.30. The van der Waals surface area contributed by atoms with Gasteiger partial charge in [-0.1, -0.05) is 89.6 Å². The van der Waals surface area contributed by atoms with E-state index in [-0.39, 0.29) is 12.6 Å². The average Bonchev–Trinajstić information content (AvgIpc) is 3.28. The van der Waals surface area contributed by atoms with Crippen molar-refractivity contribution in [3.63, 3.8) is 0 Å². The van der Waals surface area contributed by atoms with E-state index < -0.39 is 0 Å². The SMILES string of the molecule is Cc1cccc(-c2noc(CN(CCCO)C(c3ccccc3)c3ccccc3)n2)c1. The lowest BCUT2D eigenvalue weighted by molar-refractivity contribution is 0.167. The molecule has 31 heavy (non-hydrogen) atoms. The van der Waals surface area contributed by atoms with E-state index in [1.807, 2.05) is 37.3 Å². The highest BCUT2D eigenvalue weighted by molar-refractivity contribution is 5.55. The Kier molecular flexibility index (Phi) is 6.87. The lowest BCUT2D eigenvalue weighted by Crippen LogP contribution is -2.31. The molecule has 0 saturated heterocycles. The Morgan fingerprint density at radius 1 is 0.903 bits per heavy atom. The molecule has 0 aliphatic heterocycles. The third-order valence-electron chi connectivity index (χ3n) is 5.28. The number of rotatable bonds is 9. The Morgan fingerprint density at radius 2 is 1.58 bits per heavy atom. The number of aryl methyl sites for hydroxylation is 1. The van der Waals surface area contributed by atoms with Crippen LogP contribution >= 0.6 is 0 Å². The summed E-state index contributed by atoms with van der Waals surface area (Å²) >= 11 is 0. The fraction of sp³-hybridized carbons (Fsp3) is 0.231. The molecule has 0 amide bonds. The summed E-state index contributed by atoms with van der Waals surface area (Å²) in [5.41, 5.74) is 4.47. The summed E-state index contributed by atoms with van der Waals surface area (Å²) in [6.45, 7) is 3.37. The van der Waals surface area contributed by atoms with E-state index in [1.165, 1.54) is 11.1 Å². The number of benzene rings is 3. The molecule has 0 saturated carbocycles. The zero-order valence-electron chi connectivity index (χ0n) is 17.7. The Balaban J connectivity index is 1.66. The second kappa shape index (κ2) is 10.2. The van der Waals surface area contributed by atoms with Gasteiger partial charge in [-0.25, -0.2) is 0 Å². The van der Waals surface area contributed by atoms with E-state index in [4.69, 9.17) is 4.52 Å². The summed E-state index contributed by atoms with van der Waals surface area (Å²) in [6, 6.07) is 28.9. The number of aromatic nitrogens is 2. The van der Waals surface area contributed by atoms with Crippen molar-refractivity contribution < 1.29 is 9.63 Å². The van der Waals surface area contributed by atoms with Crippen LogP contribution in [0.5, 0.6) is 0 Å². The van der Waals surface area contributed by atoms with Crippen LogP contribution in [0.15, 0.2) is 89.5 Å². The molecule has 0 atom stereocenters. The van der Waals surface area contributed by atoms with Crippen LogP contribution in [0.4, 0.5) is 0 Å². The molecule has 1 aromatic heterocycles. The van der Waals surface area contributed by atoms with Crippen molar-refractivity contribution in [1.29, 1.82) is 0 Å². The van der Waals surface area contributed by atoms with Crippen molar-refractivity contribution in [3.05, 3.63) is 108 Å². The molecule has 5 nitrogen and oxygen atoms in total. The molecular formula is C26H27N3O2. The van der Waals surface area contributed by atoms with Crippen LogP contribution in [0.1, 0.15) is 35.0 Å². The Labute approximate surface area is 183 Å². The zero-order chi connectivity index (χ0) is 21.5. The fourth-order valence-corrected chi connectivity index (χ4v) is 3.85. The van der Waals surface area contributed by atoms with E-state index in [1.54, 1.807) is 0 Å². The molecule has 0 spiro atoms. The molecule has 158 valence electrons. The first-order valence-corrected chi connectivity index (χ1v) is 10.6. The lowest BCUT2D eigenvalue weighted by atomic mass is 9.96. The Bertz CT molecular complexity index is 1040. The van der Waals surface area contributed by atoms with Crippen LogP contribution in [0, 0.1) is 6.92 Å². The summed E-state index contributed by atoms with van der Waals surface area (Å²) in [5.74, 6) is 1.16. The smallest absolute Gasteiger partial charge is 0.241 e. The van der Waals surface area contributed by atoms with Crippen molar-refractivity contribution in [2.45, 2.75) is 25.9 Å². The van der Waals surface area contributed by atoms with Gasteiger partial charge in [-0.05, 0) is 30.5 Å². The van der Waals surface area contributed by atoms with Gasteiger partial charge in [-0.2, -0.15) is 4.98 Å². The standard InChI is InChI=1S/C26H27N3O2/c1-20-10-8-15-23(18-20)26-27-24(31-28-26)19-29(16-9-17-30)25(21-11-4-2-5-12-21)22-13-6-3-7-14-22/h2-8,10-15,18,25,30H,9,16-17,19H2,1H3. The quantitative estimate of drug-likeness (QED) is 0.417. The van der Waals surface area contributed by atoms with Crippen molar-refractivity contribution in [3.8, 4) is 11.4 Å². The van der Waals surface area contributed by atoms with Crippen LogP contribution in [-0.2, 0) is 6.54 Å². The first-order valence-electron chi connectivity index (χ1n) is 10.6. The van der Waals surface area contributed by atoms with E-state index >= 15 is 0 Å². The molecule has 1 N–H and O–H groups in total. The van der Waals surface area contributed by atoms with Gasteiger partial charge in [-0.3, -0.25) is 4.90 Å². The molecule has 0 aliphatic rings. The molecule has 0 bridgehead atoms. The molecule has 4 aromatic rings. The van der Waals surface area contributed by atoms with Gasteiger partial charge in [0.1, 0.15) is 0 Å². The monoisotopic (exact) mass is 413 g/mol. The van der Waals surface area contributed by atoms with E-state index in [2.05, 4.69) is 69.6 Å². The first-order chi connectivity index (χ1) is 15.2. The second-order valence-electron chi connectivity index (χ2n) is 7.65. The summed E-state index contributed by atoms with van der Waals surface area (Å²) in [5, 5.41) is 13.7. The minimum atomic E-state index is 0.0169. The number of aliphatic hydroxyl groups is 1. The maximum absolute atomic E-state index is 9.50. The third-order valence-corrected chi connectivity index (χ3v) is 5.28. The number of hydrogen-bond donors (Lipinski definition) is 1. The minimum absolute atomic E-state index is 0.0169. The maximum atomic E-state index is 9.50. The fourth-order valence-electron chi connectivity index (χ4n) is 3.85. The molecule has 0 unspecified atom stereocenters. The van der Waals surface area contributed by atoms with Crippen LogP contribution < -0.4 is 0 Å². The van der Waals surface area contributed by atoms with Gasteiger partial charge in [0.25, 0.3) is 0 Å². The maximum Gasteiger partial charge on any atom is 0.241 e. The lowest BCUT2D eigenvalue weighted by Gasteiger charge is -2.31. The summed E-state index contributed by atoms with van der Waals surface area (Å²) in [4.78, 5) is 6.94.